The van der Waals surface area contributed by atoms with E-state index in [1.54, 1.807) is 0 Å². The van der Waals surface area contributed by atoms with Gasteiger partial charge < -0.3 is 9.72 Å². The molecule has 4 nitrogen and oxygen atoms in total. The summed E-state index contributed by atoms with van der Waals surface area (Å²) in [5.74, 6) is 1.06. The molecule has 108 valence electrons. The lowest BCUT2D eigenvalue weighted by Crippen LogP contribution is -2.39. The summed E-state index contributed by atoms with van der Waals surface area (Å²) in [7, 11) is 0. The van der Waals surface area contributed by atoms with Crippen LogP contribution in [0, 0.1) is 0 Å². The number of nitrogens with zero attached hydrogens (tertiary/aromatic N) is 2. The fraction of sp³-hybridized carbons (Fsp3) is 0.562. The summed E-state index contributed by atoms with van der Waals surface area (Å²) < 4.78 is 5.89. The van der Waals surface area contributed by atoms with Crippen LogP contribution in [0.4, 0.5) is 0 Å². The Labute approximate surface area is 120 Å². The molecular formula is C16H23N3O. The molecule has 1 saturated heterocycles. The number of para-hydroxylation sites is 2. The number of fused-ring (bicyclic) bond motifs is 1. The van der Waals surface area contributed by atoms with Crippen LogP contribution in [0.25, 0.3) is 11.0 Å². The van der Waals surface area contributed by atoms with Crippen LogP contribution < -0.4 is 0 Å². The quantitative estimate of drug-likeness (QED) is 0.910. The van der Waals surface area contributed by atoms with Crippen LogP contribution in [0.3, 0.4) is 0 Å². The molecule has 0 radical (unpaired) electrons. The first kappa shape index (κ1) is 13.6. The first-order valence-electron chi connectivity index (χ1n) is 7.62. The molecule has 20 heavy (non-hydrogen) atoms. The summed E-state index contributed by atoms with van der Waals surface area (Å²) in [4.78, 5) is 10.5. The van der Waals surface area contributed by atoms with E-state index in [1.807, 2.05) is 12.1 Å². The Bertz CT molecular complexity index is 518. The second kappa shape index (κ2) is 6.37. The maximum absolute atomic E-state index is 5.89. The zero-order chi connectivity index (χ0) is 13.8. The number of benzene rings is 1. The molecule has 2 heterocycles. The van der Waals surface area contributed by atoms with Crippen molar-refractivity contribution in [3.8, 4) is 0 Å². The summed E-state index contributed by atoms with van der Waals surface area (Å²) in [6, 6.07) is 8.20. The van der Waals surface area contributed by atoms with E-state index in [4.69, 9.17) is 4.74 Å². The minimum Gasteiger partial charge on any atom is -0.377 e. The van der Waals surface area contributed by atoms with Crippen molar-refractivity contribution in [2.45, 2.75) is 38.8 Å². The summed E-state index contributed by atoms with van der Waals surface area (Å²) in [5, 5.41) is 0. The Balaban J connectivity index is 1.61. The van der Waals surface area contributed by atoms with Gasteiger partial charge in [0.25, 0.3) is 0 Å². The molecule has 1 aromatic heterocycles. The number of aromatic amines is 1. The van der Waals surface area contributed by atoms with Gasteiger partial charge in [0.15, 0.2) is 0 Å². The zero-order valence-corrected chi connectivity index (χ0v) is 12.1. The molecule has 0 bridgehead atoms. The Morgan fingerprint density at radius 1 is 1.40 bits per heavy atom. The third-order valence-corrected chi connectivity index (χ3v) is 3.83. The first-order valence-corrected chi connectivity index (χ1v) is 7.62. The molecule has 2 aromatic rings. The maximum Gasteiger partial charge on any atom is 0.121 e. The minimum atomic E-state index is 0.396. The van der Waals surface area contributed by atoms with Crippen LogP contribution >= 0.6 is 0 Å². The van der Waals surface area contributed by atoms with E-state index in [1.165, 1.54) is 12.8 Å². The molecule has 0 spiro atoms. The fourth-order valence-electron chi connectivity index (χ4n) is 2.87. The molecule has 1 N–H and O–H groups in total. The lowest BCUT2D eigenvalue weighted by Gasteiger charge is -2.31. The Morgan fingerprint density at radius 3 is 3.15 bits per heavy atom. The number of aromatic nitrogens is 2. The number of hydrogen-bond donors (Lipinski definition) is 1. The highest BCUT2D eigenvalue weighted by Crippen LogP contribution is 2.17. The van der Waals surface area contributed by atoms with Gasteiger partial charge in [0.05, 0.1) is 23.7 Å². The van der Waals surface area contributed by atoms with E-state index in [0.29, 0.717) is 6.10 Å². The lowest BCUT2D eigenvalue weighted by molar-refractivity contribution is -0.00276. The SMILES string of the molecule is CCCOC1CCCN(Cc2nc3ccccc3[nH]2)C1. The fourth-order valence-corrected chi connectivity index (χ4v) is 2.87. The van der Waals surface area contributed by atoms with E-state index in [0.717, 1.165) is 49.5 Å². The van der Waals surface area contributed by atoms with Gasteiger partial charge in [0, 0.05) is 13.2 Å². The Morgan fingerprint density at radius 2 is 2.30 bits per heavy atom. The molecule has 1 fully saturated rings. The highest BCUT2D eigenvalue weighted by atomic mass is 16.5. The monoisotopic (exact) mass is 273 g/mol. The molecule has 0 aliphatic carbocycles. The highest BCUT2D eigenvalue weighted by Gasteiger charge is 2.21. The summed E-state index contributed by atoms with van der Waals surface area (Å²) >= 11 is 0. The molecule has 3 rings (SSSR count). The van der Waals surface area contributed by atoms with E-state index < -0.39 is 0 Å². The molecule has 1 aliphatic rings. The standard InChI is InChI=1S/C16H23N3O/c1-2-10-20-13-6-5-9-19(11-13)12-16-17-14-7-3-4-8-15(14)18-16/h3-4,7-8,13H,2,5-6,9-12H2,1H3,(H,17,18). The van der Waals surface area contributed by atoms with Crippen molar-refractivity contribution in [3.05, 3.63) is 30.1 Å². The average Bonchev–Trinajstić information content (AvgIpc) is 2.87. The molecule has 0 amide bonds. The predicted molar refractivity (Wildman–Crippen MR) is 80.6 cm³/mol. The number of piperidine rings is 1. The topological polar surface area (TPSA) is 41.1 Å². The largest absolute Gasteiger partial charge is 0.377 e. The normalized spacial score (nSPS) is 20.6. The van der Waals surface area contributed by atoms with Crippen LogP contribution in [0.15, 0.2) is 24.3 Å². The van der Waals surface area contributed by atoms with Gasteiger partial charge in [-0.3, -0.25) is 4.90 Å². The van der Waals surface area contributed by atoms with Gasteiger partial charge in [-0.15, -0.1) is 0 Å². The molecule has 0 saturated carbocycles. The molecule has 4 heteroatoms. The van der Waals surface area contributed by atoms with Gasteiger partial charge >= 0.3 is 0 Å². The van der Waals surface area contributed by atoms with Gasteiger partial charge in [-0.05, 0) is 37.9 Å². The molecule has 1 unspecified atom stereocenters. The van der Waals surface area contributed by atoms with E-state index in [9.17, 15) is 0 Å². The van der Waals surface area contributed by atoms with Crippen molar-refractivity contribution in [3.63, 3.8) is 0 Å². The molecule has 1 atom stereocenters. The lowest BCUT2D eigenvalue weighted by atomic mass is 10.1. The summed E-state index contributed by atoms with van der Waals surface area (Å²) in [6.45, 7) is 6.10. The minimum absolute atomic E-state index is 0.396. The van der Waals surface area contributed by atoms with Crippen molar-refractivity contribution < 1.29 is 4.74 Å². The number of ether oxygens (including phenoxy) is 1. The van der Waals surface area contributed by atoms with E-state index in [2.05, 4.69) is 33.9 Å². The highest BCUT2D eigenvalue weighted by molar-refractivity contribution is 5.74. The number of hydrogen-bond acceptors (Lipinski definition) is 3. The first-order chi connectivity index (χ1) is 9.85. The van der Waals surface area contributed by atoms with Gasteiger partial charge in [-0.25, -0.2) is 4.98 Å². The third-order valence-electron chi connectivity index (χ3n) is 3.83. The average molecular weight is 273 g/mol. The summed E-state index contributed by atoms with van der Waals surface area (Å²) in [6.07, 6.45) is 3.90. The molecule has 1 aromatic carbocycles. The van der Waals surface area contributed by atoms with Crippen LogP contribution in [-0.2, 0) is 11.3 Å². The van der Waals surface area contributed by atoms with Gasteiger partial charge in [0.2, 0.25) is 0 Å². The Kier molecular flexibility index (Phi) is 4.33. The number of likely N-dealkylation sites (tertiary alicyclic amines) is 1. The number of rotatable bonds is 5. The third kappa shape index (κ3) is 3.19. The molecule has 1 aliphatic heterocycles. The Hall–Kier alpha value is -1.39. The zero-order valence-electron chi connectivity index (χ0n) is 12.1. The molecular weight excluding hydrogens is 250 g/mol. The van der Waals surface area contributed by atoms with Crippen LogP contribution in [0.5, 0.6) is 0 Å². The maximum atomic E-state index is 5.89. The van der Waals surface area contributed by atoms with Gasteiger partial charge in [-0.2, -0.15) is 0 Å². The predicted octanol–water partition coefficient (Wildman–Crippen LogP) is 2.95. The van der Waals surface area contributed by atoms with Crippen molar-refractivity contribution in [1.29, 1.82) is 0 Å². The van der Waals surface area contributed by atoms with Gasteiger partial charge in [-0.1, -0.05) is 19.1 Å². The van der Waals surface area contributed by atoms with Crippen molar-refractivity contribution in [2.75, 3.05) is 19.7 Å². The smallest absolute Gasteiger partial charge is 0.121 e. The second-order valence-electron chi connectivity index (χ2n) is 5.57. The van der Waals surface area contributed by atoms with Crippen molar-refractivity contribution in [1.82, 2.24) is 14.9 Å². The van der Waals surface area contributed by atoms with Crippen LogP contribution in [0.2, 0.25) is 0 Å². The van der Waals surface area contributed by atoms with E-state index in [-0.39, 0.29) is 0 Å². The van der Waals surface area contributed by atoms with Crippen LogP contribution in [-0.4, -0.2) is 40.7 Å². The number of imidazole rings is 1. The van der Waals surface area contributed by atoms with E-state index >= 15 is 0 Å². The van der Waals surface area contributed by atoms with Crippen molar-refractivity contribution >= 4 is 11.0 Å². The van der Waals surface area contributed by atoms with Crippen LogP contribution in [0.1, 0.15) is 32.0 Å². The summed E-state index contributed by atoms with van der Waals surface area (Å²) in [5.41, 5.74) is 2.18. The second-order valence-corrected chi connectivity index (χ2v) is 5.57. The van der Waals surface area contributed by atoms with Crippen molar-refractivity contribution in [2.24, 2.45) is 0 Å². The number of H-pyrrole nitrogens is 1. The van der Waals surface area contributed by atoms with Gasteiger partial charge in [0.1, 0.15) is 5.82 Å². The number of nitrogens with one attached hydrogen (secondary N) is 1.